The number of hydrogen-bond acceptors (Lipinski definition) is 1. The Morgan fingerprint density at radius 3 is 2.82 bits per heavy atom. The van der Waals surface area contributed by atoms with E-state index in [1.807, 2.05) is 0 Å². The summed E-state index contributed by atoms with van der Waals surface area (Å²) in [4.78, 5) is 2.52. The molecule has 0 spiro atoms. The molecule has 0 N–H and O–H groups in total. The van der Waals surface area contributed by atoms with Gasteiger partial charge in [0, 0.05) is 18.3 Å². The van der Waals surface area contributed by atoms with Gasteiger partial charge in [-0.3, -0.25) is 0 Å². The van der Waals surface area contributed by atoms with Crippen molar-refractivity contribution in [1.29, 1.82) is 0 Å². The molecule has 0 radical (unpaired) electrons. The third-order valence-corrected chi connectivity index (χ3v) is 2.26. The molecule has 0 aromatic heterocycles. The molecule has 0 saturated carbocycles. The molecule has 0 aliphatic carbocycles. The molecule has 1 aliphatic heterocycles. The Kier molecular flexibility index (Phi) is 2.98. The van der Waals surface area contributed by atoms with Gasteiger partial charge in [-0.1, -0.05) is 13.0 Å². The molecule has 0 aromatic rings. The van der Waals surface area contributed by atoms with E-state index in [1.54, 1.807) is 5.70 Å². The SMILES string of the molecule is CC/C=C1/CCCN1C(C)C. The number of nitrogens with zero attached hydrogens (tertiary/aromatic N) is 1. The molecule has 0 atom stereocenters. The molecule has 1 saturated heterocycles. The molecule has 0 unspecified atom stereocenters. The quantitative estimate of drug-likeness (QED) is 0.589. The van der Waals surface area contributed by atoms with Crippen LogP contribution in [0.3, 0.4) is 0 Å². The second-order valence-corrected chi connectivity index (χ2v) is 3.49. The van der Waals surface area contributed by atoms with Crippen LogP contribution in [0.15, 0.2) is 11.8 Å². The van der Waals surface area contributed by atoms with E-state index >= 15 is 0 Å². The van der Waals surface area contributed by atoms with Gasteiger partial charge in [0.15, 0.2) is 0 Å². The van der Waals surface area contributed by atoms with Crippen LogP contribution in [0.5, 0.6) is 0 Å². The van der Waals surface area contributed by atoms with Gasteiger partial charge in [-0.25, -0.2) is 0 Å². The van der Waals surface area contributed by atoms with Crippen LogP contribution in [0.25, 0.3) is 0 Å². The van der Waals surface area contributed by atoms with E-state index in [1.165, 1.54) is 25.8 Å². The molecule has 0 aromatic carbocycles. The summed E-state index contributed by atoms with van der Waals surface area (Å²) in [6.07, 6.45) is 6.20. The van der Waals surface area contributed by atoms with E-state index in [4.69, 9.17) is 0 Å². The lowest BCUT2D eigenvalue weighted by Crippen LogP contribution is -2.25. The first kappa shape index (κ1) is 8.63. The molecule has 1 nitrogen and oxygen atoms in total. The molecule has 1 aliphatic rings. The molecule has 0 bridgehead atoms. The van der Waals surface area contributed by atoms with Crippen molar-refractivity contribution in [2.75, 3.05) is 6.54 Å². The van der Waals surface area contributed by atoms with E-state index in [0.717, 1.165) is 0 Å². The van der Waals surface area contributed by atoms with Crippen LogP contribution < -0.4 is 0 Å². The topological polar surface area (TPSA) is 3.24 Å². The summed E-state index contributed by atoms with van der Waals surface area (Å²) in [5, 5.41) is 0. The first-order chi connectivity index (χ1) is 5.25. The van der Waals surface area contributed by atoms with E-state index in [-0.39, 0.29) is 0 Å². The van der Waals surface area contributed by atoms with Gasteiger partial charge in [-0.15, -0.1) is 0 Å². The van der Waals surface area contributed by atoms with Crippen LogP contribution in [0, 0.1) is 0 Å². The fraction of sp³-hybridized carbons (Fsp3) is 0.800. The van der Waals surface area contributed by atoms with E-state index in [0.29, 0.717) is 6.04 Å². The Labute approximate surface area is 70.1 Å². The summed E-state index contributed by atoms with van der Waals surface area (Å²) < 4.78 is 0. The number of allylic oxidation sites excluding steroid dienone is 2. The second kappa shape index (κ2) is 3.80. The Hall–Kier alpha value is -0.460. The molecular formula is C10H19N. The van der Waals surface area contributed by atoms with Gasteiger partial charge in [0.2, 0.25) is 0 Å². The Balaban J connectivity index is 2.58. The minimum atomic E-state index is 0.690. The molecule has 64 valence electrons. The minimum absolute atomic E-state index is 0.690. The average molecular weight is 153 g/mol. The van der Waals surface area contributed by atoms with Crippen LogP contribution in [-0.2, 0) is 0 Å². The maximum atomic E-state index is 2.52. The summed E-state index contributed by atoms with van der Waals surface area (Å²) in [5.74, 6) is 0. The summed E-state index contributed by atoms with van der Waals surface area (Å²) in [6.45, 7) is 8.02. The maximum absolute atomic E-state index is 2.52. The van der Waals surface area contributed by atoms with Crippen LogP contribution >= 0.6 is 0 Å². The third-order valence-electron chi connectivity index (χ3n) is 2.26. The second-order valence-electron chi connectivity index (χ2n) is 3.49. The Morgan fingerprint density at radius 2 is 2.27 bits per heavy atom. The largest absolute Gasteiger partial charge is 0.373 e. The van der Waals surface area contributed by atoms with E-state index < -0.39 is 0 Å². The van der Waals surface area contributed by atoms with Crippen molar-refractivity contribution >= 4 is 0 Å². The maximum Gasteiger partial charge on any atom is 0.0230 e. The molecular weight excluding hydrogens is 134 g/mol. The molecule has 11 heavy (non-hydrogen) atoms. The smallest absolute Gasteiger partial charge is 0.0230 e. The average Bonchev–Trinajstić information content (AvgIpc) is 2.36. The van der Waals surface area contributed by atoms with Crippen molar-refractivity contribution in [2.24, 2.45) is 0 Å². The van der Waals surface area contributed by atoms with Gasteiger partial charge in [-0.2, -0.15) is 0 Å². The lowest BCUT2D eigenvalue weighted by molar-refractivity contribution is 0.322. The van der Waals surface area contributed by atoms with Gasteiger partial charge >= 0.3 is 0 Å². The summed E-state index contributed by atoms with van der Waals surface area (Å²) in [6, 6.07) is 0.690. The minimum Gasteiger partial charge on any atom is -0.373 e. The van der Waals surface area contributed by atoms with Crippen molar-refractivity contribution in [3.8, 4) is 0 Å². The van der Waals surface area contributed by atoms with E-state index in [2.05, 4.69) is 31.7 Å². The fourth-order valence-electron chi connectivity index (χ4n) is 1.76. The highest BCUT2D eigenvalue weighted by Gasteiger charge is 2.17. The Morgan fingerprint density at radius 1 is 1.55 bits per heavy atom. The molecule has 1 rings (SSSR count). The van der Waals surface area contributed by atoms with Crippen LogP contribution in [0.4, 0.5) is 0 Å². The monoisotopic (exact) mass is 153 g/mol. The zero-order valence-corrected chi connectivity index (χ0v) is 7.93. The summed E-state index contributed by atoms with van der Waals surface area (Å²) in [7, 11) is 0. The highest BCUT2D eigenvalue weighted by Crippen LogP contribution is 2.23. The lowest BCUT2D eigenvalue weighted by atomic mass is 10.2. The predicted octanol–water partition coefficient (Wildman–Crippen LogP) is 2.78. The van der Waals surface area contributed by atoms with Crippen LogP contribution in [0.2, 0.25) is 0 Å². The van der Waals surface area contributed by atoms with Crippen molar-refractivity contribution in [1.82, 2.24) is 4.90 Å². The van der Waals surface area contributed by atoms with Crippen molar-refractivity contribution in [2.45, 2.75) is 46.1 Å². The molecule has 1 fully saturated rings. The van der Waals surface area contributed by atoms with Gasteiger partial charge in [0.05, 0.1) is 0 Å². The molecule has 1 heteroatoms. The van der Waals surface area contributed by atoms with Crippen LogP contribution in [0.1, 0.15) is 40.0 Å². The summed E-state index contributed by atoms with van der Waals surface area (Å²) in [5.41, 5.74) is 1.57. The lowest BCUT2D eigenvalue weighted by Gasteiger charge is -2.24. The Bertz CT molecular complexity index is 147. The standard InChI is InChI=1S/C10H19N/c1-4-6-10-7-5-8-11(10)9(2)3/h6,9H,4-5,7-8H2,1-3H3/b10-6-. The van der Waals surface area contributed by atoms with Crippen molar-refractivity contribution < 1.29 is 0 Å². The van der Waals surface area contributed by atoms with E-state index in [9.17, 15) is 0 Å². The zero-order valence-electron chi connectivity index (χ0n) is 7.93. The van der Waals surface area contributed by atoms with Gasteiger partial charge in [-0.05, 0) is 33.1 Å². The summed E-state index contributed by atoms with van der Waals surface area (Å²) >= 11 is 0. The number of hydrogen-bond donors (Lipinski definition) is 0. The number of likely N-dealkylation sites (tertiary alicyclic amines) is 1. The highest BCUT2D eigenvalue weighted by molar-refractivity contribution is 5.06. The zero-order chi connectivity index (χ0) is 8.27. The first-order valence-electron chi connectivity index (χ1n) is 4.71. The molecule has 1 heterocycles. The van der Waals surface area contributed by atoms with Gasteiger partial charge in [0.1, 0.15) is 0 Å². The fourth-order valence-corrected chi connectivity index (χ4v) is 1.76. The first-order valence-corrected chi connectivity index (χ1v) is 4.71. The predicted molar refractivity (Wildman–Crippen MR) is 49.5 cm³/mol. The third kappa shape index (κ3) is 1.98. The highest BCUT2D eigenvalue weighted by atomic mass is 15.2. The van der Waals surface area contributed by atoms with Gasteiger partial charge < -0.3 is 4.90 Å². The number of rotatable bonds is 2. The van der Waals surface area contributed by atoms with Crippen LogP contribution in [-0.4, -0.2) is 17.5 Å². The van der Waals surface area contributed by atoms with Crippen molar-refractivity contribution in [3.63, 3.8) is 0 Å². The van der Waals surface area contributed by atoms with Gasteiger partial charge in [0.25, 0.3) is 0 Å². The molecule has 0 amide bonds. The van der Waals surface area contributed by atoms with Crippen molar-refractivity contribution in [3.05, 3.63) is 11.8 Å². The normalized spacial score (nSPS) is 22.2.